The first-order valence-corrected chi connectivity index (χ1v) is 10.8. The number of hydrogen-bond donors (Lipinski definition) is 0. The van der Waals surface area contributed by atoms with Gasteiger partial charge in [0.1, 0.15) is 26.4 Å². The van der Waals surface area contributed by atoms with Gasteiger partial charge in [0.2, 0.25) is 23.6 Å². The number of hydrogen-bond acceptors (Lipinski definition) is 8. The third-order valence-electron chi connectivity index (χ3n) is 5.10. The van der Waals surface area contributed by atoms with Gasteiger partial charge >= 0.3 is 0 Å². The molecule has 2 aromatic carbocycles. The summed E-state index contributed by atoms with van der Waals surface area (Å²) in [6.45, 7) is 5.78. The molecule has 4 aliphatic heterocycles. The van der Waals surface area contributed by atoms with Crippen molar-refractivity contribution in [1.29, 1.82) is 0 Å². The highest BCUT2D eigenvalue weighted by Gasteiger charge is 2.14. The van der Waals surface area contributed by atoms with Gasteiger partial charge in [-0.1, -0.05) is 0 Å². The molecule has 0 N–H and O–H groups in total. The molecule has 0 unspecified atom stereocenters. The number of aliphatic imine (C=N–C) groups is 4. The standard InChI is InChI=1S/2C12H12N2O2/c2*1-2-10(12-14-6-8-16-12)4-3-9(1)11-13-5-7-15-11/h2*1-4H,5-8H2. The van der Waals surface area contributed by atoms with E-state index in [9.17, 15) is 0 Å². The molecule has 0 fully saturated rings. The van der Waals surface area contributed by atoms with E-state index in [1.165, 1.54) is 0 Å². The highest BCUT2D eigenvalue weighted by atomic mass is 16.5. The van der Waals surface area contributed by atoms with Crippen molar-refractivity contribution in [2.45, 2.75) is 0 Å². The van der Waals surface area contributed by atoms with Crippen LogP contribution in [0.3, 0.4) is 0 Å². The summed E-state index contributed by atoms with van der Waals surface area (Å²) < 4.78 is 21.6. The average molecular weight is 432 g/mol. The second-order valence-corrected chi connectivity index (χ2v) is 7.30. The van der Waals surface area contributed by atoms with Gasteiger partial charge in [-0.2, -0.15) is 0 Å². The van der Waals surface area contributed by atoms with Gasteiger partial charge in [-0.15, -0.1) is 0 Å². The first-order valence-electron chi connectivity index (χ1n) is 10.8. The van der Waals surface area contributed by atoms with Crippen LogP contribution in [-0.4, -0.2) is 76.2 Å². The maximum absolute atomic E-state index is 5.39. The normalized spacial score (nSPS) is 18.8. The molecule has 4 heterocycles. The number of ether oxygens (including phenoxy) is 4. The van der Waals surface area contributed by atoms with Crippen molar-refractivity contribution in [3.05, 3.63) is 70.8 Å². The molecule has 0 saturated carbocycles. The zero-order valence-electron chi connectivity index (χ0n) is 17.7. The Bertz CT molecular complexity index is 899. The van der Waals surface area contributed by atoms with E-state index in [2.05, 4.69) is 20.0 Å². The van der Waals surface area contributed by atoms with Crippen LogP contribution in [0.15, 0.2) is 68.5 Å². The number of benzene rings is 2. The van der Waals surface area contributed by atoms with Gasteiger partial charge in [0.25, 0.3) is 0 Å². The minimum absolute atomic E-state index is 0.687. The van der Waals surface area contributed by atoms with E-state index >= 15 is 0 Å². The second-order valence-electron chi connectivity index (χ2n) is 7.30. The van der Waals surface area contributed by atoms with Crippen molar-refractivity contribution < 1.29 is 18.9 Å². The van der Waals surface area contributed by atoms with Crippen LogP contribution >= 0.6 is 0 Å². The molecular weight excluding hydrogens is 408 g/mol. The fourth-order valence-electron chi connectivity index (χ4n) is 3.55. The number of nitrogens with zero attached hydrogens (tertiary/aromatic N) is 4. The molecule has 0 amide bonds. The lowest BCUT2D eigenvalue weighted by Crippen LogP contribution is -2.04. The Morgan fingerprint density at radius 2 is 0.594 bits per heavy atom. The molecule has 0 aliphatic carbocycles. The molecule has 0 bridgehead atoms. The summed E-state index contributed by atoms with van der Waals surface area (Å²) in [6.07, 6.45) is 0. The van der Waals surface area contributed by atoms with Crippen LogP contribution in [0.1, 0.15) is 22.3 Å². The molecule has 0 saturated heterocycles. The molecule has 0 aromatic heterocycles. The molecule has 4 aliphatic rings. The monoisotopic (exact) mass is 432 g/mol. The molecule has 8 nitrogen and oxygen atoms in total. The van der Waals surface area contributed by atoms with E-state index in [4.69, 9.17) is 18.9 Å². The van der Waals surface area contributed by atoms with Crippen LogP contribution in [0.5, 0.6) is 0 Å². The lowest BCUT2D eigenvalue weighted by Gasteiger charge is -2.04. The molecule has 164 valence electrons. The smallest absolute Gasteiger partial charge is 0.216 e. The van der Waals surface area contributed by atoms with Crippen LogP contribution in [0, 0.1) is 0 Å². The Kier molecular flexibility index (Phi) is 6.09. The van der Waals surface area contributed by atoms with Gasteiger partial charge in [0.15, 0.2) is 0 Å². The molecule has 2 aromatic rings. The lowest BCUT2D eigenvalue weighted by atomic mass is 10.1. The molecule has 0 radical (unpaired) electrons. The van der Waals surface area contributed by atoms with Crippen molar-refractivity contribution >= 4 is 23.6 Å². The summed E-state index contributed by atoms with van der Waals surface area (Å²) in [5, 5.41) is 0. The van der Waals surface area contributed by atoms with Crippen LogP contribution in [0.4, 0.5) is 0 Å². The summed E-state index contributed by atoms with van der Waals surface area (Å²) in [4.78, 5) is 17.1. The molecular formula is C24H24N4O4. The van der Waals surface area contributed by atoms with E-state index in [0.29, 0.717) is 26.4 Å². The third kappa shape index (κ3) is 4.64. The van der Waals surface area contributed by atoms with Crippen LogP contribution in [0.2, 0.25) is 0 Å². The van der Waals surface area contributed by atoms with Gasteiger partial charge in [0.05, 0.1) is 26.2 Å². The van der Waals surface area contributed by atoms with E-state index < -0.39 is 0 Å². The van der Waals surface area contributed by atoms with Crippen LogP contribution in [0.25, 0.3) is 0 Å². The zero-order valence-corrected chi connectivity index (χ0v) is 17.7. The van der Waals surface area contributed by atoms with Gasteiger partial charge in [-0.05, 0) is 48.5 Å². The van der Waals surface area contributed by atoms with Gasteiger partial charge < -0.3 is 18.9 Å². The Morgan fingerprint density at radius 3 is 0.750 bits per heavy atom. The third-order valence-corrected chi connectivity index (χ3v) is 5.10. The molecule has 8 heteroatoms. The average Bonchev–Trinajstić information content (AvgIpc) is 3.69. The zero-order chi connectivity index (χ0) is 21.6. The maximum atomic E-state index is 5.39. The lowest BCUT2D eigenvalue weighted by molar-refractivity contribution is 0.347. The van der Waals surface area contributed by atoms with Crippen LogP contribution in [-0.2, 0) is 18.9 Å². The summed E-state index contributed by atoms with van der Waals surface area (Å²) in [7, 11) is 0. The van der Waals surface area contributed by atoms with Crippen LogP contribution < -0.4 is 0 Å². The van der Waals surface area contributed by atoms with Crippen molar-refractivity contribution in [2.75, 3.05) is 52.6 Å². The maximum Gasteiger partial charge on any atom is 0.216 e. The SMILES string of the molecule is c1cc(C2=NCCO2)ccc1C1=NCCO1.c1cc(C2=NCCO2)ccc1C1=NCCO1. The topological polar surface area (TPSA) is 86.4 Å². The number of rotatable bonds is 4. The minimum Gasteiger partial charge on any atom is -0.476 e. The minimum atomic E-state index is 0.687. The molecule has 0 spiro atoms. The summed E-state index contributed by atoms with van der Waals surface area (Å²) in [6, 6.07) is 15.9. The summed E-state index contributed by atoms with van der Waals surface area (Å²) in [5.74, 6) is 2.95. The van der Waals surface area contributed by atoms with Crippen molar-refractivity contribution in [2.24, 2.45) is 20.0 Å². The van der Waals surface area contributed by atoms with Crippen molar-refractivity contribution in [1.82, 2.24) is 0 Å². The highest BCUT2D eigenvalue weighted by molar-refractivity contribution is 5.99. The van der Waals surface area contributed by atoms with Crippen molar-refractivity contribution in [3.8, 4) is 0 Å². The largest absolute Gasteiger partial charge is 0.476 e. The quantitative estimate of drug-likeness (QED) is 0.743. The Hall–Kier alpha value is -3.68. The molecule has 0 atom stereocenters. The summed E-state index contributed by atoms with van der Waals surface area (Å²) >= 11 is 0. The van der Waals surface area contributed by atoms with Gasteiger partial charge in [0, 0.05) is 22.3 Å². The van der Waals surface area contributed by atoms with E-state index in [1.54, 1.807) is 0 Å². The fraction of sp³-hybridized carbons (Fsp3) is 0.333. The second kappa shape index (κ2) is 9.64. The van der Waals surface area contributed by atoms with E-state index in [1.807, 2.05) is 48.5 Å². The predicted molar refractivity (Wildman–Crippen MR) is 122 cm³/mol. The summed E-state index contributed by atoms with van der Waals surface area (Å²) in [5.41, 5.74) is 4.05. The van der Waals surface area contributed by atoms with E-state index in [-0.39, 0.29) is 0 Å². The highest BCUT2D eigenvalue weighted by Crippen LogP contribution is 2.14. The Balaban J connectivity index is 0.000000135. The molecule has 6 rings (SSSR count). The molecule has 32 heavy (non-hydrogen) atoms. The van der Waals surface area contributed by atoms with Gasteiger partial charge in [-0.3, -0.25) is 0 Å². The van der Waals surface area contributed by atoms with Gasteiger partial charge in [-0.25, -0.2) is 20.0 Å². The Morgan fingerprint density at radius 1 is 0.375 bits per heavy atom. The fourth-order valence-corrected chi connectivity index (χ4v) is 3.55. The predicted octanol–water partition coefficient (Wildman–Crippen LogP) is 2.48. The first-order chi connectivity index (χ1) is 15.9. The first kappa shape index (κ1) is 20.2. The van der Waals surface area contributed by atoms with Crippen molar-refractivity contribution in [3.63, 3.8) is 0 Å². The Labute approximate surface area is 186 Å². The van der Waals surface area contributed by atoms with E-state index in [0.717, 1.165) is 72.0 Å².